The van der Waals surface area contributed by atoms with Crippen LogP contribution >= 0.6 is 0 Å². The number of ether oxygens (including phenoxy) is 2. The Kier molecular flexibility index (Phi) is 6.21. The van der Waals surface area contributed by atoms with Gasteiger partial charge < -0.3 is 14.6 Å². The smallest absolute Gasteiger partial charge is 0.309 e. The maximum absolute atomic E-state index is 11.9. The third kappa shape index (κ3) is 4.71. The maximum Gasteiger partial charge on any atom is 0.309 e. The Morgan fingerprint density at radius 3 is 2.86 bits per heavy atom. The lowest BCUT2D eigenvalue weighted by molar-refractivity contribution is -0.154. The first kappa shape index (κ1) is 16.8. The molecule has 1 aromatic rings. The van der Waals surface area contributed by atoms with Crippen LogP contribution in [-0.2, 0) is 9.53 Å². The highest BCUT2D eigenvalue weighted by atomic mass is 16.5. The van der Waals surface area contributed by atoms with Crippen LogP contribution in [0.2, 0.25) is 0 Å². The monoisotopic (exact) mass is 307 g/mol. The molecule has 0 spiro atoms. The molecular formula is C17H25NO4. The van der Waals surface area contributed by atoms with Crippen molar-refractivity contribution in [3.05, 3.63) is 29.8 Å². The van der Waals surface area contributed by atoms with Gasteiger partial charge in [0.1, 0.15) is 12.0 Å². The number of benzene rings is 1. The van der Waals surface area contributed by atoms with E-state index in [-0.39, 0.29) is 11.9 Å². The largest absolute Gasteiger partial charge is 0.493 e. The fraction of sp³-hybridized carbons (Fsp3) is 0.588. The van der Waals surface area contributed by atoms with E-state index in [0.29, 0.717) is 26.1 Å². The summed E-state index contributed by atoms with van der Waals surface area (Å²) in [5.74, 6) is 0.471. The molecule has 2 unspecified atom stereocenters. The molecule has 1 heterocycles. The zero-order valence-corrected chi connectivity index (χ0v) is 13.3. The van der Waals surface area contributed by atoms with Gasteiger partial charge in [0.05, 0.1) is 19.1 Å². The second-order valence-corrected chi connectivity index (χ2v) is 5.82. The molecule has 0 saturated carbocycles. The molecular weight excluding hydrogens is 282 g/mol. The summed E-state index contributed by atoms with van der Waals surface area (Å²) in [6.07, 6.45) is 1.31. The van der Waals surface area contributed by atoms with E-state index in [1.54, 1.807) is 0 Å². The summed E-state index contributed by atoms with van der Waals surface area (Å²) >= 11 is 0. The second kappa shape index (κ2) is 8.15. The summed E-state index contributed by atoms with van der Waals surface area (Å²) in [5.41, 5.74) is 1.10. The lowest BCUT2D eigenvalue weighted by Crippen LogP contribution is -2.42. The van der Waals surface area contributed by atoms with Crippen LogP contribution in [0.15, 0.2) is 24.3 Å². The predicted molar refractivity (Wildman–Crippen MR) is 83.6 cm³/mol. The van der Waals surface area contributed by atoms with Crippen molar-refractivity contribution in [2.75, 3.05) is 26.8 Å². The Morgan fingerprint density at radius 1 is 1.36 bits per heavy atom. The number of carbonyl (C=O) groups is 1. The van der Waals surface area contributed by atoms with Crippen molar-refractivity contribution < 1.29 is 19.4 Å². The number of nitrogens with zero attached hydrogens (tertiary/aromatic N) is 1. The van der Waals surface area contributed by atoms with Crippen LogP contribution in [0.1, 0.15) is 24.8 Å². The van der Waals surface area contributed by atoms with Gasteiger partial charge in [-0.15, -0.1) is 0 Å². The van der Waals surface area contributed by atoms with Gasteiger partial charge in [-0.05, 0) is 32.0 Å². The minimum Gasteiger partial charge on any atom is -0.493 e. The highest BCUT2D eigenvalue weighted by Crippen LogP contribution is 2.21. The van der Waals surface area contributed by atoms with Crippen molar-refractivity contribution in [3.63, 3.8) is 0 Å². The summed E-state index contributed by atoms with van der Waals surface area (Å²) in [6, 6.07) is 7.84. The second-order valence-electron chi connectivity index (χ2n) is 5.82. The average Bonchev–Trinajstić information content (AvgIpc) is 2.51. The number of carbonyl (C=O) groups excluding carboxylic acids is 1. The van der Waals surface area contributed by atoms with Gasteiger partial charge in [0.25, 0.3) is 0 Å². The first-order chi connectivity index (χ1) is 10.6. The molecule has 22 heavy (non-hydrogen) atoms. The average molecular weight is 307 g/mol. The highest BCUT2D eigenvalue weighted by molar-refractivity contribution is 5.72. The summed E-state index contributed by atoms with van der Waals surface area (Å²) in [4.78, 5) is 13.8. The van der Waals surface area contributed by atoms with E-state index in [2.05, 4.69) is 0 Å². The van der Waals surface area contributed by atoms with Crippen LogP contribution in [0, 0.1) is 12.8 Å². The van der Waals surface area contributed by atoms with E-state index in [1.165, 1.54) is 0 Å². The Balaban J connectivity index is 1.62. The molecule has 1 aromatic carbocycles. The number of aryl methyl sites for hydroxylation is 1. The number of aliphatic hydroxyl groups is 1. The van der Waals surface area contributed by atoms with Crippen molar-refractivity contribution in [3.8, 4) is 5.75 Å². The minimum absolute atomic E-state index is 0.191. The van der Waals surface area contributed by atoms with E-state index in [9.17, 15) is 9.90 Å². The topological polar surface area (TPSA) is 59.0 Å². The Bertz CT molecular complexity index is 491. The Hall–Kier alpha value is -1.59. The van der Waals surface area contributed by atoms with Gasteiger partial charge in [-0.25, -0.2) is 0 Å². The SMILES string of the molecule is Cc1ccccc1OCCCOC(=O)C1CCN(C)C(O)C1. The molecule has 2 rings (SSSR count). The van der Waals surface area contributed by atoms with Crippen LogP contribution in [0.4, 0.5) is 0 Å². The van der Waals surface area contributed by atoms with Crippen molar-refractivity contribution in [2.24, 2.45) is 5.92 Å². The van der Waals surface area contributed by atoms with Crippen LogP contribution in [0.25, 0.3) is 0 Å². The predicted octanol–water partition coefficient (Wildman–Crippen LogP) is 1.97. The van der Waals surface area contributed by atoms with E-state index in [4.69, 9.17) is 9.47 Å². The first-order valence-electron chi connectivity index (χ1n) is 7.81. The number of likely N-dealkylation sites (tertiary alicyclic amines) is 1. The minimum atomic E-state index is -0.546. The van der Waals surface area contributed by atoms with Crippen LogP contribution in [-0.4, -0.2) is 49.0 Å². The molecule has 1 N–H and O–H groups in total. The van der Waals surface area contributed by atoms with E-state index in [1.807, 2.05) is 43.1 Å². The zero-order valence-electron chi connectivity index (χ0n) is 13.3. The van der Waals surface area contributed by atoms with Gasteiger partial charge in [-0.3, -0.25) is 9.69 Å². The quantitative estimate of drug-likeness (QED) is 0.643. The van der Waals surface area contributed by atoms with Crippen molar-refractivity contribution in [1.82, 2.24) is 4.90 Å². The third-order valence-electron chi connectivity index (χ3n) is 4.05. The molecule has 2 atom stereocenters. The molecule has 0 radical (unpaired) electrons. The molecule has 0 aromatic heterocycles. The third-order valence-corrected chi connectivity index (χ3v) is 4.05. The standard InChI is InChI=1S/C17H25NO4/c1-13-6-3-4-7-15(13)21-10-5-11-22-17(20)14-8-9-18(2)16(19)12-14/h3-4,6-7,14,16,19H,5,8-12H2,1-2H3. The number of esters is 1. The summed E-state index contributed by atoms with van der Waals surface area (Å²) in [5, 5.41) is 9.76. The van der Waals surface area contributed by atoms with Gasteiger partial charge in [-0.1, -0.05) is 18.2 Å². The molecule has 0 bridgehead atoms. The molecule has 122 valence electrons. The van der Waals surface area contributed by atoms with E-state index < -0.39 is 6.23 Å². The molecule has 1 aliphatic heterocycles. The van der Waals surface area contributed by atoms with E-state index >= 15 is 0 Å². The number of hydrogen-bond acceptors (Lipinski definition) is 5. The van der Waals surface area contributed by atoms with Crippen molar-refractivity contribution in [1.29, 1.82) is 0 Å². The fourth-order valence-corrected chi connectivity index (χ4v) is 2.52. The zero-order chi connectivity index (χ0) is 15.9. The molecule has 1 saturated heterocycles. The highest BCUT2D eigenvalue weighted by Gasteiger charge is 2.30. The van der Waals surface area contributed by atoms with Crippen LogP contribution in [0.3, 0.4) is 0 Å². The van der Waals surface area contributed by atoms with Gasteiger partial charge in [0, 0.05) is 19.4 Å². The summed E-state index contributed by atoms with van der Waals surface area (Å²) in [6.45, 7) is 3.60. The molecule has 1 aliphatic rings. The van der Waals surface area contributed by atoms with E-state index in [0.717, 1.165) is 24.3 Å². The van der Waals surface area contributed by atoms with Crippen LogP contribution in [0.5, 0.6) is 5.75 Å². The van der Waals surface area contributed by atoms with Gasteiger partial charge in [-0.2, -0.15) is 0 Å². The lowest BCUT2D eigenvalue weighted by Gasteiger charge is -2.32. The number of piperidine rings is 1. The normalized spacial score (nSPS) is 22.3. The molecule has 0 aliphatic carbocycles. The molecule has 5 nitrogen and oxygen atoms in total. The fourth-order valence-electron chi connectivity index (χ4n) is 2.52. The van der Waals surface area contributed by atoms with Gasteiger partial charge in [0.15, 0.2) is 0 Å². The molecule has 1 fully saturated rings. The van der Waals surface area contributed by atoms with Crippen molar-refractivity contribution >= 4 is 5.97 Å². The molecule has 0 amide bonds. The Labute approximate surface area is 131 Å². The first-order valence-corrected chi connectivity index (χ1v) is 7.81. The molecule has 5 heteroatoms. The Morgan fingerprint density at radius 2 is 2.14 bits per heavy atom. The number of aliphatic hydroxyl groups excluding tert-OH is 1. The van der Waals surface area contributed by atoms with Gasteiger partial charge >= 0.3 is 5.97 Å². The number of hydrogen-bond donors (Lipinski definition) is 1. The summed E-state index contributed by atoms with van der Waals surface area (Å²) in [7, 11) is 1.86. The maximum atomic E-state index is 11.9. The number of rotatable bonds is 6. The lowest BCUT2D eigenvalue weighted by atomic mass is 9.96. The van der Waals surface area contributed by atoms with Gasteiger partial charge in [0.2, 0.25) is 0 Å². The van der Waals surface area contributed by atoms with Crippen molar-refractivity contribution in [2.45, 2.75) is 32.4 Å². The van der Waals surface area contributed by atoms with Crippen LogP contribution < -0.4 is 4.74 Å². The number of para-hydroxylation sites is 1. The summed E-state index contributed by atoms with van der Waals surface area (Å²) < 4.78 is 10.9.